The van der Waals surface area contributed by atoms with Gasteiger partial charge in [0.1, 0.15) is 5.82 Å². The first-order chi connectivity index (χ1) is 6.65. The Kier molecular flexibility index (Phi) is 5.79. The van der Waals surface area contributed by atoms with E-state index in [9.17, 15) is 0 Å². The Morgan fingerprint density at radius 1 is 1.38 bits per heavy atom. The van der Waals surface area contributed by atoms with Gasteiger partial charge in [0.2, 0.25) is 0 Å². The first kappa shape index (κ1) is 15.2. The molecule has 0 spiro atoms. The van der Waals surface area contributed by atoms with Gasteiger partial charge in [0, 0.05) is 6.04 Å². The maximum absolute atomic E-state index is 5.75. The van der Waals surface area contributed by atoms with Crippen LogP contribution in [0.2, 0.25) is 0 Å². The molecule has 0 fully saturated rings. The maximum Gasteiger partial charge on any atom is 0.104 e. The predicted octanol–water partition coefficient (Wildman–Crippen LogP) is 2.60. The quantitative estimate of drug-likeness (QED) is 0.874. The summed E-state index contributed by atoms with van der Waals surface area (Å²) >= 11 is 0. The number of nitrogens with zero attached hydrogens (tertiary/aromatic N) is 1. The second kappa shape index (κ2) is 6.09. The summed E-state index contributed by atoms with van der Waals surface area (Å²) in [6.07, 6.45) is 0.911. The van der Waals surface area contributed by atoms with Gasteiger partial charge in [-0.25, -0.2) is 4.98 Å². The predicted molar refractivity (Wildman–Crippen MR) is 72.7 cm³/mol. The highest BCUT2D eigenvalue weighted by Gasteiger charge is 2.02. The zero-order valence-electron chi connectivity index (χ0n) is 9.36. The van der Waals surface area contributed by atoms with Gasteiger partial charge in [-0.2, -0.15) is 0 Å². The van der Waals surface area contributed by atoms with Crippen LogP contribution >= 0.6 is 24.8 Å². The van der Waals surface area contributed by atoms with Crippen LogP contribution in [0.15, 0.2) is 18.2 Å². The standard InChI is InChI=1S/C11H15N3.2ClH/c1-7(12)5-9-3-4-10-11(6-9)14-8(2)13-10;;/h3-4,6-7H,5,12H2,1-2H3,(H,13,14);2*1H. The number of aromatic nitrogens is 2. The fourth-order valence-corrected chi connectivity index (χ4v) is 1.68. The monoisotopic (exact) mass is 261 g/mol. The van der Waals surface area contributed by atoms with Gasteiger partial charge in [0.15, 0.2) is 0 Å². The van der Waals surface area contributed by atoms with E-state index in [-0.39, 0.29) is 30.9 Å². The number of aromatic amines is 1. The number of nitrogens with one attached hydrogen (secondary N) is 1. The fourth-order valence-electron chi connectivity index (χ4n) is 1.68. The van der Waals surface area contributed by atoms with Crippen LogP contribution in [0.4, 0.5) is 0 Å². The molecule has 1 atom stereocenters. The average molecular weight is 262 g/mol. The van der Waals surface area contributed by atoms with Crippen LogP contribution in [-0.2, 0) is 6.42 Å². The van der Waals surface area contributed by atoms with Crippen molar-refractivity contribution in [3.8, 4) is 0 Å². The molecule has 0 aliphatic rings. The number of imidazole rings is 1. The lowest BCUT2D eigenvalue weighted by atomic mass is 10.1. The van der Waals surface area contributed by atoms with Crippen LogP contribution in [0.3, 0.4) is 0 Å². The van der Waals surface area contributed by atoms with Gasteiger partial charge >= 0.3 is 0 Å². The molecule has 0 saturated heterocycles. The molecule has 1 heterocycles. The molecule has 1 unspecified atom stereocenters. The van der Waals surface area contributed by atoms with Crippen molar-refractivity contribution >= 4 is 35.8 Å². The summed E-state index contributed by atoms with van der Waals surface area (Å²) in [7, 11) is 0. The Morgan fingerprint density at radius 2 is 2.06 bits per heavy atom. The molecule has 0 radical (unpaired) electrons. The molecule has 0 amide bonds. The van der Waals surface area contributed by atoms with E-state index in [1.807, 2.05) is 19.9 Å². The molecule has 0 bridgehead atoms. The van der Waals surface area contributed by atoms with Crippen molar-refractivity contribution in [3.05, 3.63) is 29.6 Å². The van der Waals surface area contributed by atoms with E-state index in [1.54, 1.807) is 0 Å². The topological polar surface area (TPSA) is 54.7 Å². The minimum absolute atomic E-state index is 0. The zero-order valence-corrected chi connectivity index (χ0v) is 11.0. The van der Waals surface area contributed by atoms with E-state index in [0.29, 0.717) is 0 Å². The molecular formula is C11H17Cl2N3. The van der Waals surface area contributed by atoms with E-state index in [1.165, 1.54) is 5.56 Å². The van der Waals surface area contributed by atoms with Gasteiger partial charge in [-0.3, -0.25) is 0 Å². The Balaban J connectivity index is 0.00000112. The third-order valence-corrected chi connectivity index (χ3v) is 2.22. The summed E-state index contributed by atoms with van der Waals surface area (Å²) in [6, 6.07) is 6.46. The van der Waals surface area contributed by atoms with Gasteiger partial charge < -0.3 is 10.7 Å². The number of nitrogens with two attached hydrogens (primary N) is 1. The minimum atomic E-state index is 0. The van der Waals surface area contributed by atoms with E-state index in [0.717, 1.165) is 23.3 Å². The molecule has 0 saturated carbocycles. The van der Waals surface area contributed by atoms with Crippen LogP contribution in [0.5, 0.6) is 0 Å². The Morgan fingerprint density at radius 3 is 2.69 bits per heavy atom. The Hall–Kier alpha value is -0.770. The number of benzene rings is 1. The lowest BCUT2D eigenvalue weighted by Crippen LogP contribution is -2.17. The summed E-state index contributed by atoms with van der Waals surface area (Å²) in [5, 5.41) is 0. The molecule has 3 N–H and O–H groups in total. The number of halogens is 2. The summed E-state index contributed by atoms with van der Waals surface area (Å²) in [6.45, 7) is 3.98. The molecule has 90 valence electrons. The summed E-state index contributed by atoms with van der Waals surface area (Å²) in [4.78, 5) is 7.57. The van der Waals surface area contributed by atoms with Crippen molar-refractivity contribution in [2.45, 2.75) is 26.3 Å². The number of H-pyrrole nitrogens is 1. The Bertz CT molecular complexity index is 451. The third-order valence-electron chi connectivity index (χ3n) is 2.22. The molecule has 2 aromatic rings. The molecule has 1 aromatic heterocycles. The Labute approximate surface area is 108 Å². The maximum atomic E-state index is 5.75. The highest BCUT2D eigenvalue weighted by Crippen LogP contribution is 2.14. The summed E-state index contributed by atoms with van der Waals surface area (Å²) in [5.74, 6) is 0.956. The smallest absolute Gasteiger partial charge is 0.104 e. The number of hydrogen-bond donors (Lipinski definition) is 2. The average Bonchev–Trinajstić information content (AvgIpc) is 2.42. The second-order valence-corrected chi connectivity index (χ2v) is 3.86. The first-order valence-electron chi connectivity index (χ1n) is 4.86. The van der Waals surface area contributed by atoms with Crippen molar-refractivity contribution in [2.24, 2.45) is 5.73 Å². The number of rotatable bonds is 2. The van der Waals surface area contributed by atoms with E-state index in [4.69, 9.17) is 5.73 Å². The molecule has 0 aliphatic carbocycles. The lowest BCUT2D eigenvalue weighted by molar-refractivity contribution is 0.739. The first-order valence-corrected chi connectivity index (χ1v) is 4.86. The largest absolute Gasteiger partial charge is 0.342 e. The second-order valence-electron chi connectivity index (χ2n) is 3.86. The molecule has 1 aromatic carbocycles. The normalized spacial score (nSPS) is 11.7. The number of fused-ring (bicyclic) bond motifs is 1. The molecule has 3 nitrogen and oxygen atoms in total. The van der Waals surface area contributed by atoms with E-state index >= 15 is 0 Å². The van der Waals surface area contributed by atoms with Gasteiger partial charge in [0.05, 0.1) is 11.0 Å². The van der Waals surface area contributed by atoms with Crippen molar-refractivity contribution in [1.82, 2.24) is 9.97 Å². The van der Waals surface area contributed by atoms with Crippen molar-refractivity contribution in [3.63, 3.8) is 0 Å². The van der Waals surface area contributed by atoms with E-state index < -0.39 is 0 Å². The van der Waals surface area contributed by atoms with Crippen LogP contribution in [-0.4, -0.2) is 16.0 Å². The van der Waals surface area contributed by atoms with Crippen LogP contribution in [0.1, 0.15) is 18.3 Å². The summed E-state index contributed by atoms with van der Waals surface area (Å²) in [5.41, 5.74) is 9.13. The highest BCUT2D eigenvalue weighted by molar-refractivity contribution is 5.85. The van der Waals surface area contributed by atoms with Gasteiger partial charge in [-0.05, 0) is 38.0 Å². The third kappa shape index (κ3) is 3.37. The zero-order chi connectivity index (χ0) is 10.1. The highest BCUT2D eigenvalue weighted by atomic mass is 35.5. The summed E-state index contributed by atoms with van der Waals surface area (Å²) < 4.78 is 0. The molecule has 2 rings (SSSR count). The van der Waals surface area contributed by atoms with Crippen molar-refractivity contribution < 1.29 is 0 Å². The van der Waals surface area contributed by atoms with Crippen molar-refractivity contribution in [1.29, 1.82) is 0 Å². The molecule has 5 heteroatoms. The lowest BCUT2D eigenvalue weighted by Gasteiger charge is -2.04. The minimum Gasteiger partial charge on any atom is -0.342 e. The van der Waals surface area contributed by atoms with Gasteiger partial charge in [-0.1, -0.05) is 6.07 Å². The van der Waals surface area contributed by atoms with Crippen molar-refractivity contribution in [2.75, 3.05) is 0 Å². The SMILES string of the molecule is Cc1nc2ccc(CC(C)N)cc2[nH]1.Cl.Cl. The fraction of sp³-hybridized carbons (Fsp3) is 0.364. The van der Waals surface area contributed by atoms with Crippen LogP contribution in [0, 0.1) is 6.92 Å². The van der Waals surface area contributed by atoms with Crippen LogP contribution in [0.25, 0.3) is 11.0 Å². The molecule has 16 heavy (non-hydrogen) atoms. The van der Waals surface area contributed by atoms with Gasteiger partial charge in [-0.15, -0.1) is 24.8 Å². The molecular weight excluding hydrogens is 245 g/mol. The van der Waals surface area contributed by atoms with Gasteiger partial charge in [0.25, 0.3) is 0 Å². The number of hydrogen-bond acceptors (Lipinski definition) is 2. The van der Waals surface area contributed by atoms with Crippen LogP contribution < -0.4 is 5.73 Å². The molecule has 0 aliphatic heterocycles. The number of aryl methyl sites for hydroxylation is 1. The van der Waals surface area contributed by atoms with E-state index in [2.05, 4.69) is 22.1 Å².